The van der Waals surface area contributed by atoms with Crippen LogP contribution in [0.3, 0.4) is 0 Å². The number of hydrogen-bond acceptors (Lipinski definition) is 3. The normalized spacial score (nSPS) is 11.9. The number of rotatable bonds is 5. The topological polar surface area (TPSA) is 39.4 Å². The van der Waals surface area contributed by atoms with Crippen LogP contribution in [0.1, 0.15) is 27.6 Å². The molecule has 0 aliphatic heterocycles. The number of benzene rings is 2. The lowest BCUT2D eigenvalue weighted by Gasteiger charge is -2.16. The van der Waals surface area contributed by atoms with Gasteiger partial charge in [0.1, 0.15) is 5.75 Å². The van der Waals surface area contributed by atoms with Gasteiger partial charge in [-0.25, -0.2) is 0 Å². The number of furan rings is 1. The average molecular weight is 292 g/mol. The molecule has 3 aromatic rings. The predicted molar refractivity (Wildman–Crippen MR) is 84.3 cm³/mol. The molecule has 0 bridgehead atoms. The third-order valence-electron chi connectivity index (χ3n) is 3.61. The maximum atomic E-state index is 12.8. The number of Topliss-reactive ketones (excluding diaryl/α,β-unsaturated/α-hetero) is 1. The van der Waals surface area contributed by atoms with Crippen LogP contribution in [0.4, 0.5) is 0 Å². The summed E-state index contributed by atoms with van der Waals surface area (Å²) in [5.74, 6) is 0.685. The van der Waals surface area contributed by atoms with E-state index in [9.17, 15) is 4.79 Å². The Kier molecular flexibility index (Phi) is 4.05. The van der Waals surface area contributed by atoms with Gasteiger partial charge in [-0.2, -0.15) is 0 Å². The highest BCUT2D eigenvalue weighted by molar-refractivity contribution is 6.00. The smallest absolute Gasteiger partial charge is 0.209 e. The number of carbonyl (C=O) groups excluding carboxylic acids is 1. The second-order valence-electron chi connectivity index (χ2n) is 4.96. The fourth-order valence-corrected chi connectivity index (χ4v) is 2.50. The van der Waals surface area contributed by atoms with Crippen molar-refractivity contribution in [3.05, 3.63) is 89.9 Å². The summed E-state index contributed by atoms with van der Waals surface area (Å²) in [6, 6.07) is 20.7. The van der Waals surface area contributed by atoms with E-state index in [0.717, 1.165) is 16.9 Å². The molecular formula is C19H16O3. The molecule has 110 valence electrons. The molecule has 1 aromatic heterocycles. The van der Waals surface area contributed by atoms with E-state index >= 15 is 0 Å². The van der Waals surface area contributed by atoms with Gasteiger partial charge in [-0.3, -0.25) is 4.79 Å². The Hall–Kier alpha value is -2.81. The van der Waals surface area contributed by atoms with Crippen molar-refractivity contribution in [2.24, 2.45) is 0 Å². The molecule has 0 spiro atoms. The highest BCUT2D eigenvalue weighted by Crippen LogP contribution is 2.29. The Bertz CT molecular complexity index is 728. The Balaban J connectivity index is 2.04. The zero-order valence-corrected chi connectivity index (χ0v) is 12.2. The minimum absolute atomic E-state index is 0.0543. The molecule has 0 saturated carbocycles. The van der Waals surface area contributed by atoms with E-state index < -0.39 is 5.92 Å². The summed E-state index contributed by atoms with van der Waals surface area (Å²) in [5.41, 5.74) is 1.85. The second-order valence-corrected chi connectivity index (χ2v) is 4.96. The lowest BCUT2D eigenvalue weighted by atomic mass is 9.87. The van der Waals surface area contributed by atoms with E-state index in [1.807, 2.05) is 54.6 Å². The van der Waals surface area contributed by atoms with E-state index in [1.54, 1.807) is 19.2 Å². The predicted octanol–water partition coefficient (Wildman–Crippen LogP) is 4.30. The van der Waals surface area contributed by atoms with Crippen LogP contribution in [0.15, 0.2) is 77.4 Å². The van der Waals surface area contributed by atoms with Gasteiger partial charge < -0.3 is 9.15 Å². The number of ether oxygens (including phenoxy) is 1. The van der Waals surface area contributed by atoms with E-state index in [2.05, 4.69) is 0 Å². The van der Waals surface area contributed by atoms with Gasteiger partial charge in [0.25, 0.3) is 0 Å². The Labute approximate surface area is 129 Å². The van der Waals surface area contributed by atoms with E-state index in [4.69, 9.17) is 9.15 Å². The molecule has 0 aliphatic carbocycles. The third-order valence-corrected chi connectivity index (χ3v) is 3.61. The summed E-state index contributed by atoms with van der Waals surface area (Å²) in [7, 11) is 1.62. The van der Waals surface area contributed by atoms with Gasteiger partial charge in [0.05, 0.1) is 19.3 Å². The van der Waals surface area contributed by atoms with Crippen LogP contribution < -0.4 is 4.74 Å². The molecule has 3 rings (SSSR count). The van der Waals surface area contributed by atoms with Gasteiger partial charge in [-0.15, -0.1) is 0 Å². The summed E-state index contributed by atoms with van der Waals surface area (Å²) in [6.45, 7) is 0. The summed E-state index contributed by atoms with van der Waals surface area (Å²) >= 11 is 0. The van der Waals surface area contributed by atoms with Crippen molar-refractivity contribution in [1.29, 1.82) is 0 Å². The standard InChI is InChI=1S/C19H16O3/c1-21-16-11-9-15(10-12-16)18(14-6-3-2-4-7-14)19(20)17-8-5-13-22-17/h2-13,18H,1H3/t18-/m1/s1. The van der Waals surface area contributed by atoms with Crippen LogP contribution in [0.25, 0.3) is 0 Å². The minimum Gasteiger partial charge on any atom is -0.497 e. The largest absolute Gasteiger partial charge is 0.497 e. The van der Waals surface area contributed by atoms with E-state index in [0.29, 0.717) is 5.76 Å². The Morgan fingerprint density at radius 1 is 0.909 bits per heavy atom. The molecule has 2 aromatic carbocycles. The maximum absolute atomic E-state index is 12.8. The highest BCUT2D eigenvalue weighted by atomic mass is 16.5. The number of ketones is 1. The summed E-state index contributed by atoms with van der Waals surface area (Å²) < 4.78 is 10.5. The molecule has 0 aliphatic rings. The molecule has 0 fully saturated rings. The van der Waals surface area contributed by atoms with Gasteiger partial charge >= 0.3 is 0 Å². The van der Waals surface area contributed by atoms with Crippen molar-refractivity contribution >= 4 is 5.78 Å². The van der Waals surface area contributed by atoms with Crippen LogP contribution >= 0.6 is 0 Å². The Morgan fingerprint density at radius 3 is 2.18 bits per heavy atom. The SMILES string of the molecule is COc1ccc([C@H](C(=O)c2ccco2)c2ccccc2)cc1. The molecule has 0 N–H and O–H groups in total. The van der Waals surface area contributed by atoms with Gasteiger partial charge in [-0.05, 0) is 35.4 Å². The molecule has 0 amide bonds. The molecule has 22 heavy (non-hydrogen) atoms. The summed E-state index contributed by atoms with van der Waals surface area (Å²) in [5, 5.41) is 0. The van der Waals surface area contributed by atoms with Crippen molar-refractivity contribution in [2.75, 3.05) is 7.11 Å². The summed E-state index contributed by atoms with van der Waals surface area (Å²) in [6.07, 6.45) is 1.52. The number of hydrogen-bond donors (Lipinski definition) is 0. The van der Waals surface area contributed by atoms with E-state index in [1.165, 1.54) is 6.26 Å². The highest BCUT2D eigenvalue weighted by Gasteiger charge is 2.25. The zero-order chi connectivity index (χ0) is 15.4. The minimum atomic E-state index is -0.391. The molecule has 3 nitrogen and oxygen atoms in total. The molecule has 3 heteroatoms. The van der Waals surface area contributed by atoms with Crippen LogP contribution in [0.5, 0.6) is 5.75 Å². The first-order chi connectivity index (χ1) is 10.8. The monoisotopic (exact) mass is 292 g/mol. The second kappa shape index (κ2) is 6.31. The summed E-state index contributed by atoms with van der Waals surface area (Å²) in [4.78, 5) is 12.8. The maximum Gasteiger partial charge on any atom is 0.209 e. The van der Waals surface area contributed by atoms with Crippen molar-refractivity contribution in [2.45, 2.75) is 5.92 Å². The average Bonchev–Trinajstić information content (AvgIpc) is 3.11. The Morgan fingerprint density at radius 2 is 1.59 bits per heavy atom. The van der Waals surface area contributed by atoms with Gasteiger partial charge in [-0.1, -0.05) is 42.5 Å². The first kappa shape index (κ1) is 14.1. The first-order valence-corrected chi connectivity index (χ1v) is 7.06. The fraction of sp³-hybridized carbons (Fsp3) is 0.105. The molecule has 1 atom stereocenters. The third kappa shape index (κ3) is 2.79. The number of carbonyl (C=O) groups is 1. The van der Waals surface area contributed by atoms with Crippen LogP contribution in [-0.4, -0.2) is 12.9 Å². The van der Waals surface area contributed by atoms with Crippen molar-refractivity contribution in [3.8, 4) is 5.75 Å². The van der Waals surface area contributed by atoms with Crippen LogP contribution in [0, 0.1) is 0 Å². The van der Waals surface area contributed by atoms with Gasteiger partial charge in [0.15, 0.2) is 5.76 Å². The van der Waals surface area contributed by atoms with E-state index in [-0.39, 0.29) is 5.78 Å². The van der Waals surface area contributed by atoms with Crippen molar-refractivity contribution in [1.82, 2.24) is 0 Å². The van der Waals surface area contributed by atoms with Gasteiger partial charge in [0, 0.05) is 0 Å². The quantitative estimate of drug-likeness (QED) is 0.658. The zero-order valence-electron chi connectivity index (χ0n) is 12.2. The van der Waals surface area contributed by atoms with Crippen LogP contribution in [-0.2, 0) is 0 Å². The molecule has 0 radical (unpaired) electrons. The molecule has 0 unspecified atom stereocenters. The van der Waals surface area contributed by atoms with Crippen molar-refractivity contribution in [3.63, 3.8) is 0 Å². The van der Waals surface area contributed by atoms with Gasteiger partial charge in [0.2, 0.25) is 5.78 Å². The van der Waals surface area contributed by atoms with Crippen LogP contribution in [0.2, 0.25) is 0 Å². The first-order valence-electron chi connectivity index (χ1n) is 7.06. The fourth-order valence-electron chi connectivity index (χ4n) is 2.50. The number of methoxy groups -OCH3 is 1. The lowest BCUT2D eigenvalue weighted by Crippen LogP contribution is -2.13. The molecule has 1 heterocycles. The van der Waals surface area contributed by atoms with Crippen molar-refractivity contribution < 1.29 is 13.9 Å². The lowest BCUT2D eigenvalue weighted by molar-refractivity contribution is 0.0947. The molecule has 0 saturated heterocycles. The molecular weight excluding hydrogens is 276 g/mol.